The van der Waals surface area contributed by atoms with Crippen molar-refractivity contribution in [2.24, 2.45) is 0 Å². The molecule has 0 saturated heterocycles. The van der Waals surface area contributed by atoms with Crippen LogP contribution in [-0.4, -0.2) is 30.6 Å². The third-order valence-corrected chi connectivity index (χ3v) is 4.72. The largest absolute Gasteiger partial charge is 0.387 e. The fraction of sp³-hybridized carbons (Fsp3) is 0.250. The maximum atomic E-state index is 10.7. The molecule has 0 saturated carbocycles. The van der Waals surface area contributed by atoms with E-state index in [-0.39, 0.29) is 0 Å². The molecule has 1 atom stereocenters. The minimum absolute atomic E-state index is 0.504. The number of rotatable bonds is 8. The molecule has 140 valence electrons. The first kappa shape index (κ1) is 19.2. The molecule has 3 heteroatoms. The van der Waals surface area contributed by atoms with E-state index in [1.54, 1.807) is 0 Å². The third kappa shape index (κ3) is 5.68. The Kier molecular flexibility index (Phi) is 6.64. The summed E-state index contributed by atoms with van der Waals surface area (Å²) >= 11 is 0. The van der Waals surface area contributed by atoms with Crippen LogP contribution >= 0.6 is 0 Å². The maximum Gasteiger partial charge on any atom is 0.0917 e. The second-order valence-corrected chi connectivity index (χ2v) is 7.14. The van der Waals surface area contributed by atoms with Crippen LogP contribution in [0.1, 0.15) is 22.8 Å². The molecule has 27 heavy (non-hydrogen) atoms. The fourth-order valence-corrected chi connectivity index (χ4v) is 3.21. The summed E-state index contributed by atoms with van der Waals surface area (Å²) in [5, 5.41) is 10.7. The van der Waals surface area contributed by atoms with Crippen molar-refractivity contribution in [3.8, 4) is 0 Å². The molecule has 0 aliphatic carbocycles. The van der Waals surface area contributed by atoms with Gasteiger partial charge in [0, 0.05) is 39.4 Å². The molecule has 0 aromatic heterocycles. The van der Waals surface area contributed by atoms with Crippen LogP contribution in [0.3, 0.4) is 0 Å². The normalized spacial score (nSPS) is 12.1. The van der Waals surface area contributed by atoms with Gasteiger partial charge in [-0.2, -0.15) is 0 Å². The Hall–Kier alpha value is -2.62. The zero-order valence-electron chi connectivity index (χ0n) is 16.1. The standard InChI is InChI=1S/C24H28N2O/c1-25(2)23-15-13-21(14-16-23)18-26(17-20-9-5-3-6-10-20)19-24(27)22-11-7-4-8-12-22/h3-16,24,27H,17-19H2,1-2H3/t24-/m0/s1. The molecule has 0 aliphatic heterocycles. The summed E-state index contributed by atoms with van der Waals surface area (Å²) in [4.78, 5) is 4.41. The van der Waals surface area contributed by atoms with Gasteiger partial charge >= 0.3 is 0 Å². The van der Waals surface area contributed by atoms with Gasteiger partial charge in [-0.05, 0) is 28.8 Å². The molecular formula is C24H28N2O. The lowest BCUT2D eigenvalue weighted by atomic mass is 10.1. The summed E-state index contributed by atoms with van der Waals surface area (Å²) in [6.45, 7) is 2.20. The van der Waals surface area contributed by atoms with Crippen LogP contribution in [0.2, 0.25) is 0 Å². The predicted octanol–water partition coefficient (Wildman–Crippen LogP) is 4.49. The van der Waals surface area contributed by atoms with Gasteiger partial charge in [0.1, 0.15) is 0 Å². The van der Waals surface area contributed by atoms with Crippen LogP contribution in [0.15, 0.2) is 84.9 Å². The fourth-order valence-electron chi connectivity index (χ4n) is 3.21. The van der Waals surface area contributed by atoms with Crippen molar-refractivity contribution in [2.75, 3.05) is 25.5 Å². The number of hydrogen-bond donors (Lipinski definition) is 1. The highest BCUT2D eigenvalue weighted by molar-refractivity contribution is 5.46. The van der Waals surface area contributed by atoms with E-state index in [1.807, 2.05) is 50.5 Å². The summed E-state index contributed by atoms with van der Waals surface area (Å²) in [7, 11) is 4.10. The maximum absolute atomic E-state index is 10.7. The van der Waals surface area contributed by atoms with Gasteiger partial charge in [-0.1, -0.05) is 72.8 Å². The van der Waals surface area contributed by atoms with Crippen molar-refractivity contribution in [3.05, 3.63) is 102 Å². The molecule has 0 aliphatic rings. The molecule has 0 spiro atoms. The summed E-state index contributed by atoms with van der Waals surface area (Å²) in [5.74, 6) is 0. The smallest absolute Gasteiger partial charge is 0.0917 e. The SMILES string of the molecule is CN(C)c1ccc(CN(Cc2ccccc2)C[C@H](O)c2ccccc2)cc1. The minimum Gasteiger partial charge on any atom is -0.387 e. The summed E-state index contributed by atoms with van der Waals surface area (Å²) in [6.07, 6.45) is -0.504. The number of aliphatic hydroxyl groups is 1. The molecule has 3 rings (SSSR count). The Morgan fingerprint density at radius 3 is 1.78 bits per heavy atom. The van der Waals surface area contributed by atoms with Gasteiger partial charge in [0.2, 0.25) is 0 Å². The van der Waals surface area contributed by atoms with E-state index in [1.165, 1.54) is 16.8 Å². The van der Waals surface area contributed by atoms with Gasteiger partial charge in [-0.3, -0.25) is 4.90 Å². The summed E-state index contributed by atoms with van der Waals surface area (Å²) in [5.41, 5.74) is 4.65. The average molecular weight is 361 g/mol. The monoisotopic (exact) mass is 360 g/mol. The van der Waals surface area contributed by atoms with E-state index in [0.29, 0.717) is 6.54 Å². The van der Waals surface area contributed by atoms with Crippen LogP contribution in [0.25, 0.3) is 0 Å². The molecule has 0 amide bonds. The highest BCUT2D eigenvalue weighted by Crippen LogP contribution is 2.19. The van der Waals surface area contributed by atoms with E-state index in [4.69, 9.17) is 0 Å². The molecule has 0 bridgehead atoms. The number of aliphatic hydroxyl groups excluding tert-OH is 1. The first-order valence-corrected chi connectivity index (χ1v) is 9.37. The van der Waals surface area contributed by atoms with Crippen molar-refractivity contribution >= 4 is 5.69 Å². The molecule has 1 N–H and O–H groups in total. The third-order valence-electron chi connectivity index (χ3n) is 4.72. The molecule has 3 nitrogen and oxygen atoms in total. The lowest BCUT2D eigenvalue weighted by molar-refractivity contribution is 0.105. The molecule has 3 aromatic rings. The van der Waals surface area contributed by atoms with E-state index in [2.05, 4.69) is 58.3 Å². The Morgan fingerprint density at radius 1 is 0.704 bits per heavy atom. The van der Waals surface area contributed by atoms with Crippen LogP contribution in [-0.2, 0) is 13.1 Å². The van der Waals surface area contributed by atoms with Crippen LogP contribution in [0.4, 0.5) is 5.69 Å². The quantitative estimate of drug-likeness (QED) is 0.641. The van der Waals surface area contributed by atoms with E-state index < -0.39 is 6.10 Å². The average Bonchev–Trinajstić information content (AvgIpc) is 2.70. The van der Waals surface area contributed by atoms with Crippen LogP contribution < -0.4 is 4.90 Å². The minimum atomic E-state index is -0.504. The lowest BCUT2D eigenvalue weighted by Gasteiger charge is -2.26. The van der Waals surface area contributed by atoms with Crippen molar-refractivity contribution in [2.45, 2.75) is 19.2 Å². The molecule has 0 heterocycles. The molecular weight excluding hydrogens is 332 g/mol. The second kappa shape index (κ2) is 9.36. The second-order valence-electron chi connectivity index (χ2n) is 7.14. The highest BCUT2D eigenvalue weighted by Gasteiger charge is 2.14. The van der Waals surface area contributed by atoms with Gasteiger partial charge in [-0.15, -0.1) is 0 Å². The zero-order valence-corrected chi connectivity index (χ0v) is 16.1. The first-order chi connectivity index (χ1) is 13.1. The number of hydrogen-bond acceptors (Lipinski definition) is 3. The predicted molar refractivity (Wildman–Crippen MR) is 113 cm³/mol. The van der Waals surface area contributed by atoms with Gasteiger partial charge in [0.05, 0.1) is 6.10 Å². The van der Waals surface area contributed by atoms with Crippen molar-refractivity contribution in [3.63, 3.8) is 0 Å². The van der Waals surface area contributed by atoms with Crippen molar-refractivity contribution in [1.29, 1.82) is 0 Å². The lowest BCUT2D eigenvalue weighted by Crippen LogP contribution is -2.28. The molecule has 3 aromatic carbocycles. The Bertz CT molecular complexity index is 801. The van der Waals surface area contributed by atoms with Crippen molar-refractivity contribution in [1.82, 2.24) is 4.90 Å². The number of anilines is 1. The zero-order chi connectivity index (χ0) is 19.1. The topological polar surface area (TPSA) is 26.7 Å². The molecule has 0 radical (unpaired) electrons. The van der Waals surface area contributed by atoms with Gasteiger partial charge in [0.25, 0.3) is 0 Å². The van der Waals surface area contributed by atoms with Gasteiger partial charge < -0.3 is 10.0 Å². The number of benzene rings is 3. The van der Waals surface area contributed by atoms with Crippen LogP contribution in [0.5, 0.6) is 0 Å². The van der Waals surface area contributed by atoms with E-state index in [9.17, 15) is 5.11 Å². The Balaban J connectivity index is 1.74. The van der Waals surface area contributed by atoms with Gasteiger partial charge in [0.15, 0.2) is 0 Å². The summed E-state index contributed by atoms with van der Waals surface area (Å²) in [6, 6.07) is 28.9. The molecule has 0 fully saturated rings. The van der Waals surface area contributed by atoms with Crippen molar-refractivity contribution < 1.29 is 5.11 Å². The first-order valence-electron chi connectivity index (χ1n) is 9.37. The Labute approximate surface area is 162 Å². The Morgan fingerprint density at radius 2 is 1.22 bits per heavy atom. The van der Waals surface area contributed by atoms with E-state index in [0.717, 1.165) is 18.7 Å². The van der Waals surface area contributed by atoms with Crippen LogP contribution in [0, 0.1) is 0 Å². The summed E-state index contributed by atoms with van der Waals surface area (Å²) < 4.78 is 0. The highest BCUT2D eigenvalue weighted by atomic mass is 16.3. The van der Waals surface area contributed by atoms with Gasteiger partial charge in [-0.25, -0.2) is 0 Å². The number of nitrogens with zero attached hydrogens (tertiary/aromatic N) is 2. The van der Waals surface area contributed by atoms with E-state index >= 15 is 0 Å². The molecule has 0 unspecified atom stereocenters.